The smallest absolute Gasteiger partial charge is 0.00360 e. The van der Waals surface area contributed by atoms with Crippen molar-refractivity contribution in [1.29, 1.82) is 0 Å². The number of hydrogen-bond donors (Lipinski definition) is 0. The number of thioether (sulfide) groups is 1. The van der Waals surface area contributed by atoms with Crippen LogP contribution in [0.4, 0.5) is 0 Å². The SMILES string of the molecule is C=C(CCC(CSCCCCCCC)CC(=C)C1CC2C=CC1C2)C1CC2C=CC1C2. The molecule has 4 rings (SSSR count). The summed E-state index contributed by atoms with van der Waals surface area (Å²) < 4.78 is 0. The first-order valence-electron chi connectivity index (χ1n) is 13.4. The van der Waals surface area contributed by atoms with E-state index in [-0.39, 0.29) is 0 Å². The molecule has 4 bridgehead atoms. The Hall–Kier alpha value is -0.690. The van der Waals surface area contributed by atoms with Crippen molar-refractivity contribution < 1.29 is 0 Å². The van der Waals surface area contributed by atoms with E-state index in [2.05, 4.69) is 56.1 Å². The van der Waals surface area contributed by atoms with E-state index in [1.54, 1.807) is 11.1 Å². The monoisotopic (exact) mass is 438 g/mol. The summed E-state index contributed by atoms with van der Waals surface area (Å²) in [6.07, 6.45) is 26.3. The summed E-state index contributed by atoms with van der Waals surface area (Å²) in [4.78, 5) is 0. The fraction of sp³-hybridized carbons (Fsp3) is 0.733. The lowest BCUT2D eigenvalue weighted by atomic mass is 9.80. The Bertz CT molecular complexity index is 670. The second-order valence-electron chi connectivity index (χ2n) is 11.2. The van der Waals surface area contributed by atoms with Crippen LogP contribution in [-0.2, 0) is 0 Å². The summed E-state index contributed by atoms with van der Waals surface area (Å²) in [5.41, 5.74) is 3.12. The Kier molecular flexibility index (Phi) is 8.66. The molecular weight excluding hydrogens is 392 g/mol. The highest BCUT2D eigenvalue weighted by atomic mass is 32.2. The Labute approximate surface area is 197 Å². The molecule has 2 saturated carbocycles. The largest absolute Gasteiger partial charge is 0.162 e. The number of fused-ring (bicyclic) bond motifs is 4. The first kappa shape index (κ1) is 23.5. The van der Waals surface area contributed by atoms with Crippen molar-refractivity contribution in [3.63, 3.8) is 0 Å². The van der Waals surface area contributed by atoms with Gasteiger partial charge in [-0.05, 0) is 104 Å². The molecule has 0 N–H and O–H groups in total. The third-order valence-electron chi connectivity index (χ3n) is 8.78. The van der Waals surface area contributed by atoms with E-state index in [0.717, 1.165) is 41.4 Å². The van der Waals surface area contributed by atoms with Crippen LogP contribution in [0.25, 0.3) is 0 Å². The van der Waals surface area contributed by atoms with Gasteiger partial charge in [0.1, 0.15) is 0 Å². The third-order valence-corrected chi connectivity index (χ3v) is 10.1. The maximum absolute atomic E-state index is 4.63. The molecule has 31 heavy (non-hydrogen) atoms. The van der Waals surface area contributed by atoms with Gasteiger partial charge in [0.05, 0.1) is 0 Å². The number of rotatable bonds is 15. The molecule has 0 nitrogen and oxygen atoms in total. The van der Waals surface area contributed by atoms with E-state index in [9.17, 15) is 0 Å². The lowest BCUT2D eigenvalue weighted by Crippen LogP contribution is -2.16. The maximum Gasteiger partial charge on any atom is -0.00360 e. The summed E-state index contributed by atoms with van der Waals surface area (Å²) in [6.45, 7) is 11.5. The molecule has 7 atom stereocenters. The first-order chi connectivity index (χ1) is 15.1. The van der Waals surface area contributed by atoms with Gasteiger partial charge in [-0.1, -0.05) is 81.2 Å². The fourth-order valence-corrected chi connectivity index (χ4v) is 8.09. The molecule has 0 radical (unpaired) electrons. The average molecular weight is 439 g/mol. The molecule has 0 aromatic carbocycles. The Morgan fingerprint density at radius 1 is 0.839 bits per heavy atom. The average Bonchev–Trinajstić information content (AvgIpc) is 3.57. The second kappa shape index (κ2) is 11.4. The van der Waals surface area contributed by atoms with Crippen LogP contribution in [0.1, 0.15) is 84.0 Å². The molecule has 7 unspecified atom stereocenters. The van der Waals surface area contributed by atoms with Crippen LogP contribution in [0, 0.1) is 41.4 Å². The van der Waals surface area contributed by atoms with Crippen LogP contribution in [0.2, 0.25) is 0 Å². The summed E-state index contributed by atoms with van der Waals surface area (Å²) in [5.74, 6) is 8.35. The normalized spacial score (nSPS) is 33.5. The molecule has 0 aromatic rings. The number of unbranched alkanes of at least 4 members (excludes halogenated alkanes) is 4. The van der Waals surface area contributed by atoms with Gasteiger partial charge in [-0.3, -0.25) is 0 Å². The van der Waals surface area contributed by atoms with E-state index in [1.165, 1.54) is 88.6 Å². The minimum absolute atomic E-state index is 0.774. The van der Waals surface area contributed by atoms with Crippen LogP contribution in [0.15, 0.2) is 48.6 Å². The molecule has 0 amide bonds. The fourth-order valence-electron chi connectivity index (χ4n) is 6.90. The van der Waals surface area contributed by atoms with Crippen molar-refractivity contribution >= 4 is 11.8 Å². The van der Waals surface area contributed by atoms with Crippen LogP contribution in [-0.4, -0.2) is 11.5 Å². The van der Waals surface area contributed by atoms with E-state index in [1.807, 2.05) is 0 Å². The molecule has 0 aliphatic heterocycles. The van der Waals surface area contributed by atoms with E-state index >= 15 is 0 Å². The summed E-state index contributed by atoms with van der Waals surface area (Å²) in [7, 11) is 0. The molecule has 1 heteroatoms. The van der Waals surface area contributed by atoms with Gasteiger partial charge in [0, 0.05) is 0 Å². The van der Waals surface area contributed by atoms with Gasteiger partial charge in [-0.25, -0.2) is 0 Å². The van der Waals surface area contributed by atoms with E-state index in [0.29, 0.717) is 0 Å². The molecule has 4 aliphatic rings. The minimum Gasteiger partial charge on any atom is -0.162 e. The van der Waals surface area contributed by atoms with Crippen LogP contribution in [0.3, 0.4) is 0 Å². The van der Waals surface area contributed by atoms with Gasteiger partial charge in [0.15, 0.2) is 0 Å². The Morgan fingerprint density at radius 3 is 2.06 bits per heavy atom. The second-order valence-corrected chi connectivity index (χ2v) is 12.3. The minimum atomic E-state index is 0.774. The van der Waals surface area contributed by atoms with Crippen LogP contribution < -0.4 is 0 Å². The lowest BCUT2D eigenvalue weighted by Gasteiger charge is -2.27. The molecular formula is C30H46S. The molecule has 0 heterocycles. The first-order valence-corrected chi connectivity index (χ1v) is 14.6. The highest BCUT2D eigenvalue weighted by molar-refractivity contribution is 7.99. The topological polar surface area (TPSA) is 0 Å². The summed E-state index contributed by atoms with van der Waals surface area (Å²) in [5, 5.41) is 0. The summed E-state index contributed by atoms with van der Waals surface area (Å²) in [6, 6.07) is 0. The third kappa shape index (κ3) is 6.21. The molecule has 0 saturated heterocycles. The number of allylic oxidation sites excluding steroid dienone is 6. The Morgan fingerprint density at radius 2 is 1.48 bits per heavy atom. The Balaban J connectivity index is 1.23. The molecule has 4 aliphatic carbocycles. The standard InChI is InChI=1S/C30H46S/c1-4-5-6-7-8-15-31-21-26(16-23(3)30-20-25-12-14-28(30)18-25)10-9-22(2)29-19-24-11-13-27(29)17-24/h11-14,24-30H,2-10,15-21H2,1H3. The van der Waals surface area contributed by atoms with Crippen LogP contribution >= 0.6 is 11.8 Å². The van der Waals surface area contributed by atoms with Crippen molar-refractivity contribution in [2.45, 2.75) is 84.0 Å². The van der Waals surface area contributed by atoms with Gasteiger partial charge < -0.3 is 0 Å². The quantitative estimate of drug-likeness (QED) is 0.181. The van der Waals surface area contributed by atoms with E-state index in [4.69, 9.17) is 0 Å². The highest BCUT2D eigenvalue weighted by Crippen LogP contribution is 2.49. The molecule has 172 valence electrons. The van der Waals surface area contributed by atoms with Crippen molar-refractivity contribution in [2.24, 2.45) is 41.4 Å². The van der Waals surface area contributed by atoms with Gasteiger partial charge in [-0.2, -0.15) is 11.8 Å². The zero-order valence-corrected chi connectivity index (χ0v) is 20.9. The van der Waals surface area contributed by atoms with Crippen molar-refractivity contribution in [1.82, 2.24) is 0 Å². The van der Waals surface area contributed by atoms with Crippen molar-refractivity contribution in [2.75, 3.05) is 11.5 Å². The van der Waals surface area contributed by atoms with E-state index < -0.39 is 0 Å². The van der Waals surface area contributed by atoms with Gasteiger partial charge >= 0.3 is 0 Å². The zero-order valence-electron chi connectivity index (χ0n) is 20.1. The highest BCUT2D eigenvalue weighted by Gasteiger charge is 2.38. The maximum atomic E-state index is 4.63. The molecule has 0 spiro atoms. The lowest BCUT2D eigenvalue weighted by molar-refractivity contribution is 0.437. The van der Waals surface area contributed by atoms with Gasteiger partial charge in [0.25, 0.3) is 0 Å². The van der Waals surface area contributed by atoms with Crippen LogP contribution in [0.5, 0.6) is 0 Å². The molecule has 0 aromatic heterocycles. The zero-order chi connectivity index (χ0) is 21.6. The van der Waals surface area contributed by atoms with Crippen molar-refractivity contribution in [3.8, 4) is 0 Å². The van der Waals surface area contributed by atoms with Gasteiger partial charge in [-0.15, -0.1) is 0 Å². The predicted molar refractivity (Wildman–Crippen MR) is 139 cm³/mol. The predicted octanol–water partition coefficient (Wildman–Crippen LogP) is 9.01. The van der Waals surface area contributed by atoms with Gasteiger partial charge in [0.2, 0.25) is 0 Å². The van der Waals surface area contributed by atoms with Crippen molar-refractivity contribution in [3.05, 3.63) is 48.6 Å². The number of hydrogen-bond acceptors (Lipinski definition) is 1. The summed E-state index contributed by atoms with van der Waals surface area (Å²) >= 11 is 2.22. The molecule has 2 fully saturated rings.